The van der Waals surface area contributed by atoms with Gasteiger partial charge in [-0.05, 0) is 49.0 Å². The van der Waals surface area contributed by atoms with E-state index >= 15 is 0 Å². The largest absolute Gasteiger partial charge is 0.515 e. The smallest absolute Gasteiger partial charge is 0.342 e. The molecule has 2 aliphatic rings. The SMILES string of the molecule is CC1=CC(C)C(=CO)C2=C1Oc1ccc(C(O)CC(C)C)c(C)c1C(=O)OC2. The summed E-state index contributed by atoms with van der Waals surface area (Å²) in [7, 11) is 0. The summed E-state index contributed by atoms with van der Waals surface area (Å²) in [6, 6.07) is 3.52. The fourth-order valence-corrected chi connectivity index (χ4v) is 3.97. The number of ether oxygens (including phenoxy) is 2. The molecule has 28 heavy (non-hydrogen) atoms. The van der Waals surface area contributed by atoms with Crippen LogP contribution in [-0.2, 0) is 4.74 Å². The Bertz CT molecular complexity index is 888. The summed E-state index contributed by atoms with van der Waals surface area (Å²) in [5, 5.41) is 20.2. The number of fused-ring (bicyclic) bond motifs is 1. The maximum absolute atomic E-state index is 12.8. The predicted octanol–water partition coefficient (Wildman–Crippen LogP) is 4.92. The standard InChI is InChI=1S/C23H28O5/c1-12(2)8-19(25)16-6-7-20-21(15(16)5)23(26)27-11-18-17(10-24)13(3)9-14(4)22(18)28-20/h6-7,9-10,12-13,19,24-25H,8,11H2,1-5H3. The molecule has 0 spiro atoms. The Hall–Kier alpha value is -2.53. The molecule has 1 aromatic rings. The van der Waals surface area contributed by atoms with Crippen molar-refractivity contribution in [1.29, 1.82) is 0 Å². The molecule has 1 aliphatic carbocycles. The molecular weight excluding hydrogens is 356 g/mol. The van der Waals surface area contributed by atoms with Crippen LogP contribution < -0.4 is 4.74 Å². The second kappa shape index (κ2) is 7.84. The fourth-order valence-electron chi connectivity index (χ4n) is 3.97. The molecule has 2 unspecified atom stereocenters. The third-order valence-corrected chi connectivity index (χ3v) is 5.40. The molecule has 5 nitrogen and oxygen atoms in total. The lowest BCUT2D eigenvalue weighted by Gasteiger charge is -2.29. The molecule has 0 bridgehead atoms. The monoisotopic (exact) mass is 384 g/mol. The summed E-state index contributed by atoms with van der Waals surface area (Å²) >= 11 is 0. The number of carbonyl (C=O) groups is 1. The second-order valence-electron chi connectivity index (χ2n) is 8.01. The van der Waals surface area contributed by atoms with Gasteiger partial charge in [-0.2, -0.15) is 0 Å². The number of benzene rings is 1. The van der Waals surface area contributed by atoms with Crippen LogP contribution in [0.1, 0.15) is 61.7 Å². The Morgan fingerprint density at radius 3 is 2.64 bits per heavy atom. The molecular formula is C23H28O5. The van der Waals surface area contributed by atoms with E-state index in [2.05, 4.69) is 0 Å². The minimum atomic E-state index is -0.653. The van der Waals surface area contributed by atoms with Crippen molar-refractivity contribution in [2.75, 3.05) is 6.61 Å². The first kappa shape index (κ1) is 20.2. The Morgan fingerprint density at radius 2 is 2.00 bits per heavy atom. The van der Waals surface area contributed by atoms with E-state index in [1.54, 1.807) is 6.07 Å². The third kappa shape index (κ3) is 3.59. The van der Waals surface area contributed by atoms with Gasteiger partial charge in [-0.25, -0.2) is 4.79 Å². The highest BCUT2D eigenvalue weighted by Crippen LogP contribution is 2.39. The van der Waals surface area contributed by atoms with E-state index in [4.69, 9.17) is 9.47 Å². The van der Waals surface area contributed by atoms with Gasteiger partial charge in [0.1, 0.15) is 23.7 Å². The van der Waals surface area contributed by atoms with Gasteiger partial charge >= 0.3 is 5.97 Å². The van der Waals surface area contributed by atoms with E-state index in [0.717, 1.165) is 11.8 Å². The van der Waals surface area contributed by atoms with Gasteiger partial charge in [0.05, 0.1) is 12.4 Å². The number of esters is 1. The zero-order chi connectivity index (χ0) is 20.6. The van der Waals surface area contributed by atoms with Gasteiger partial charge < -0.3 is 19.7 Å². The van der Waals surface area contributed by atoms with E-state index in [1.165, 1.54) is 0 Å². The van der Waals surface area contributed by atoms with E-state index in [0.29, 0.717) is 51.7 Å². The van der Waals surface area contributed by atoms with Crippen molar-refractivity contribution in [3.05, 3.63) is 63.6 Å². The van der Waals surface area contributed by atoms with Crippen molar-refractivity contribution < 1.29 is 24.5 Å². The normalized spacial score (nSPS) is 22.0. The summed E-state index contributed by atoms with van der Waals surface area (Å²) in [4.78, 5) is 12.8. The van der Waals surface area contributed by atoms with Crippen molar-refractivity contribution in [2.24, 2.45) is 11.8 Å². The second-order valence-corrected chi connectivity index (χ2v) is 8.01. The molecule has 3 rings (SSSR count). The lowest BCUT2D eigenvalue weighted by molar-refractivity contribution is 0.0525. The number of hydrogen-bond donors (Lipinski definition) is 2. The fraction of sp³-hybridized carbons (Fsp3) is 0.435. The molecule has 0 saturated heterocycles. The summed E-state index contributed by atoms with van der Waals surface area (Å²) in [5.41, 5.74) is 4.01. The molecule has 1 heterocycles. The Labute approximate surface area is 166 Å². The van der Waals surface area contributed by atoms with Crippen LogP contribution in [0.4, 0.5) is 0 Å². The van der Waals surface area contributed by atoms with E-state index in [-0.39, 0.29) is 12.5 Å². The third-order valence-electron chi connectivity index (χ3n) is 5.40. The van der Waals surface area contributed by atoms with Crippen molar-refractivity contribution in [3.63, 3.8) is 0 Å². The van der Waals surface area contributed by atoms with Crippen LogP contribution in [0.15, 0.2) is 46.9 Å². The maximum atomic E-state index is 12.8. The van der Waals surface area contributed by atoms with Gasteiger partial charge in [0, 0.05) is 17.1 Å². The predicted molar refractivity (Wildman–Crippen MR) is 107 cm³/mol. The summed E-state index contributed by atoms with van der Waals surface area (Å²) in [6.45, 7) is 9.83. The molecule has 2 atom stereocenters. The number of rotatable bonds is 3. The molecule has 2 N–H and O–H groups in total. The minimum Gasteiger partial charge on any atom is -0.515 e. The van der Waals surface area contributed by atoms with Gasteiger partial charge in [-0.3, -0.25) is 0 Å². The van der Waals surface area contributed by atoms with Crippen molar-refractivity contribution in [3.8, 4) is 5.75 Å². The van der Waals surface area contributed by atoms with Crippen LogP contribution in [0.25, 0.3) is 0 Å². The molecule has 1 aromatic carbocycles. The van der Waals surface area contributed by atoms with E-state index in [9.17, 15) is 15.0 Å². The quantitative estimate of drug-likeness (QED) is 0.572. The molecule has 0 saturated carbocycles. The minimum absolute atomic E-state index is 0.000224. The number of carbonyl (C=O) groups excluding carboxylic acids is 1. The van der Waals surface area contributed by atoms with Gasteiger partial charge in [0.25, 0.3) is 0 Å². The Kier molecular flexibility index (Phi) is 5.66. The van der Waals surface area contributed by atoms with Crippen LogP contribution in [0.5, 0.6) is 5.75 Å². The van der Waals surface area contributed by atoms with Crippen LogP contribution in [0.2, 0.25) is 0 Å². The average molecular weight is 384 g/mol. The van der Waals surface area contributed by atoms with Crippen molar-refractivity contribution in [2.45, 2.75) is 47.1 Å². The van der Waals surface area contributed by atoms with Gasteiger partial charge in [0.15, 0.2) is 0 Å². The summed E-state index contributed by atoms with van der Waals surface area (Å²) in [5.74, 6) is 0.833. The van der Waals surface area contributed by atoms with Gasteiger partial charge in [-0.1, -0.05) is 32.9 Å². The van der Waals surface area contributed by atoms with E-state index in [1.807, 2.05) is 46.8 Å². The number of cyclic esters (lactones) is 1. The molecule has 0 radical (unpaired) electrons. The first-order valence-corrected chi connectivity index (χ1v) is 9.67. The molecule has 150 valence electrons. The lowest BCUT2D eigenvalue weighted by Crippen LogP contribution is -2.23. The van der Waals surface area contributed by atoms with Crippen molar-refractivity contribution >= 4 is 5.97 Å². The number of allylic oxidation sites excluding steroid dienone is 2. The number of aliphatic hydroxyl groups is 2. The van der Waals surface area contributed by atoms with Crippen molar-refractivity contribution in [1.82, 2.24) is 0 Å². The molecule has 0 aromatic heterocycles. The van der Waals surface area contributed by atoms with Gasteiger partial charge in [0.2, 0.25) is 0 Å². The Balaban J connectivity index is 2.09. The van der Waals surface area contributed by atoms with Crippen LogP contribution in [0.3, 0.4) is 0 Å². The molecule has 0 fully saturated rings. The lowest BCUT2D eigenvalue weighted by atomic mass is 9.86. The maximum Gasteiger partial charge on any atom is 0.342 e. The first-order valence-electron chi connectivity index (χ1n) is 9.67. The summed E-state index contributed by atoms with van der Waals surface area (Å²) in [6.07, 6.45) is 3.02. The zero-order valence-corrected chi connectivity index (χ0v) is 17.1. The molecule has 1 aliphatic heterocycles. The number of hydrogen-bond acceptors (Lipinski definition) is 5. The zero-order valence-electron chi connectivity index (χ0n) is 17.1. The number of aliphatic hydroxyl groups excluding tert-OH is 2. The van der Waals surface area contributed by atoms with Gasteiger partial charge in [-0.15, -0.1) is 0 Å². The summed E-state index contributed by atoms with van der Waals surface area (Å²) < 4.78 is 11.7. The van der Waals surface area contributed by atoms with E-state index < -0.39 is 12.1 Å². The van der Waals surface area contributed by atoms with Crippen LogP contribution in [-0.4, -0.2) is 22.8 Å². The molecule has 0 amide bonds. The highest BCUT2D eigenvalue weighted by molar-refractivity contribution is 5.95. The Morgan fingerprint density at radius 1 is 1.29 bits per heavy atom. The highest BCUT2D eigenvalue weighted by atomic mass is 16.5. The topological polar surface area (TPSA) is 76.0 Å². The van der Waals surface area contributed by atoms with Crippen LogP contribution >= 0.6 is 0 Å². The highest BCUT2D eigenvalue weighted by Gasteiger charge is 2.31. The average Bonchev–Trinajstić information content (AvgIpc) is 2.60. The first-order chi connectivity index (χ1) is 13.2. The van der Waals surface area contributed by atoms with Crippen LogP contribution in [0, 0.1) is 18.8 Å². The molecule has 5 heteroatoms.